The van der Waals surface area contributed by atoms with E-state index in [2.05, 4.69) is 0 Å². The zero-order valence-corrected chi connectivity index (χ0v) is 3.46. The standard InChI is InChI=1S/C6H6/c1-2-4-6-5-3-1/h1-6H/i1+1,6+1. The quantitative estimate of drug-likeness (QED) is 0.444. The monoisotopic (exact) mass is 80.1 g/mol. The van der Waals surface area contributed by atoms with Crippen molar-refractivity contribution in [3.63, 3.8) is 0 Å². The molecule has 0 aliphatic rings. The number of hydrogen-bond donors (Lipinski definition) is 0. The van der Waals surface area contributed by atoms with E-state index in [0.29, 0.717) is 0 Å². The predicted molar refractivity (Wildman–Crippen MR) is 26.4 cm³/mol. The Morgan fingerprint density at radius 3 is 0.667 bits per heavy atom. The second-order valence-corrected chi connectivity index (χ2v) is 1.15. The Morgan fingerprint density at radius 1 is 0.333 bits per heavy atom. The molecule has 0 saturated heterocycles. The van der Waals surface area contributed by atoms with Crippen molar-refractivity contribution < 1.29 is 0 Å². The first kappa shape index (κ1) is 3.41. The molecular formula is C6H6. The van der Waals surface area contributed by atoms with E-state index in [4.69, 9.17) is 0 Å². The fraction of sp³-hybridized carbons (Fsp3) is 0. The summed E-state index contributed by atoms with van der Waals surface area (Å²) in [5.74, 6) is 0. The molecule has 0 saturated carbocycles. The first-order valence-electron chi connectivity index (χ1n) is 2.00. The number of rotatable bonds is 0. The Labute approximate surface area is 37.4 Å². The normalized spacial score (nSPS) is 8.00. The molecule has 30 valence electrons. The smallest absolute Gasteiger partial charge is 0.0623 e. The van der Waals surface area contributed by atoms with Crippen LogP contribution in [0.15, 0.2) is 36.4 Å². The van der Waals surface area contributed by atoms with Gasteiger partial charge in [-0.2, -0.15) is 0 Å². The molecular weight excluding hydrogens is 74.1 g/mol. The van der Waals surface area contributed by atoms with Crippen LogP contribution in [0.2, 0.25) is 0 Å². The maximum Gasteiger partial charge on any atom is -0.0623 e. The van der Waals surface area contributed by atoms with Crippen molar-refractivity contribution in [2.75, 3.05) is 0 Å². The van der Waals surface area contributed by atoms with Crippen LogP contribution in [0.5, 0.6) is 0 Å². The summed E-state index contributed by atoms with van der Waals surface area (Å²) in [6.45, 7) is 0. The van der Waals surface area contributed by atoms with Gasteiger partial charge in [-0.05, 0) is 0 Å². The zero-order valence-electron chi connectivity index (χ0n) is 3.46. The fourth-order valence-electron chi connectivity index (χ4n) is 0.385. The van der Waals surface area contributed by atoms with E-state index < -0.39 is 0 Å². The third kappa shape index (κ3) is 0.582. The van der Waals surface area contributed by atoms with Crippen molar-refractivity contribution in [2.45, 2.75) is 0 Å². The molecule has 1 rings (SSSR count). The summed E-state index contributed by atoms with van der Waals surface area (Å²) in [5.41, 5.74) is 0. The molecule has 0 amide bonds. The Balaban J connectivity index is 3.00. The zero-order chi connectivity index (χ0) is 4.24. The molecule has 0 aliphatic heterocycles. The van der Waals surface area contributed by atoms with Crippen molar-refractivity contribution >= 4 is 0 Å². The van der Waals surface area contributed by atoms with Gasteiger partial charge < -0.3 is 0 Å². The lowest BCUT2D eigenvalue weighted by Crippen LogP contribution is -1.47. The fourth-order valence-corrected chi connectivity index (χ4v) is 0.385. The van der Waals surface area contributed by atoms with Crippen LogP contribution in [0.4, 0.5) is 0 Å². The van der Waals surface area contributed by atoms with Gasteiger partial charge in [0.15, 0.2) is 0 Å². The molecule has 1 aromatic rings. The van der Waals surface area contributed by atoms with Crippen LogP contribution in [0.1, 0.15) is 0 Å². The molecule has 0 heteroatoms. The molecule has 0 aromatic heterocycles. The van der Waals surface area contributed by atoms with Crippen LogP contribution in [-0.2, 0) is 0 Å². The molecule has 0 aliphatic carbocycles. The first-order chi connectivity index (χ1) is 3.00. The SMILES string of the molecule is c1c[13cH]cc[13cH]1. The van der Waals surface area contributed by atoms with Gasteiger partial charge in [0.1, 0.15) is 0 Å². The second kappa shape index (κ2) is 1.61. The Bertz CT molecular complexity index is 72.0. The van der Waals surface area contributed by atoms with Crippen LogP contribution in [-0.4, -0.2) is 0 Å². The summed E-state index contributed by atoms with van der Waals surface area (Å²) in [6.07, 6.45) is 0. The molecule has 1 aromatic carbocycles. The topological polar surface area (TPSA) is 0 Å². The van der Waals surface area contributed by atoms with E-state index in [1.54, 1.807) is 0 Å². The highest BCUT2D eigenvalue weighted by Crippen LogP contribution is 1.79. The van der Waals surface area contributed by atoms with Crippen LogP contribution in [0.25, 0.3) is 0 Å². The van der Waals surface area contributed by atoms with Gasteiger partial charge in [-0.25, -0.2) is 0 Å². The summed E-state index contributed by atoms with van der Waals surface area (Å²) < 4.78 is 0. The third-order valence-electron chi connectivity index (χ3n) is 0.667. The highest BCUT2D eigenvalue weighted by molar-refractivity contribution is 4.99. The summed E-state index contributed by atoms with van der Waals surface area (Å²) in [4.78, 5) is 0. The van der Waals surface area contributed by atoms with E-state index in [0.717, 1.165) is 0 Å². The van der Waals surface area contributed by atoms with E-state index in [9.17, 15) is 0 Å². The first-order valence-corrected chi connectivity index (χ1v) is 2.00. The predicted octanol–water partition coefficient (Wildman–Crippen LogP) is 1.69. The van der Waals surface area contributed by atoms with Crippen LogP contribution >= 0.6 is 0 Å². The van der Waals surface area contributed by atoms with Gasteiger partial charge in [-0.1, -0.05) is 36.4 Å². The summed E-state index contributed by atoms with van der Waals surface area (Å²) in [6, 6.07) is 12.0. The lowest BCUT2D eigenvalue weighted by Gasteiger charge is -1.69. The maximum absolute atomic E-state index is 2.00. The highest BCUT2D eigenvalue weighted by atomic mass is 14.1. The average molecular weight is 80.1 g/mol. The van der Waals surface area contributed by atoms with Gasteiger partial charge in [-0.15, -0.1) is 0 Å². The summed E-state index contributed by atoms with van der Waals surface area (Å²) in [7, 11) is 0. The van der Waals surface area contributed by atoms with Gasteiger partial charge in [0, 0.05) is 0 Å². The molecule has 0 atom stereocenters. The van der Waals surface area contributed by atoms with Crippen molar-refractivity contribution in [1.29, 1.82) is 0 Å². The van der Waals surface area contributed by atoms with E-state index in [1.165, 1.54) is 0 Å². The van der Waals surface area contributed by atoms with Crippen molar-refractivity contribution in [2.24, 2.45) is 0 Å². The molecule has 0 heterocycles. The van der Waals surface area contributed by atoms with Crippen LogP contribution in [0, 0.1) is 0 Å². The van der Waals surface area contributed by atoms with Crippen LogP contribution < -0.4 is 0 Å². The van der Waals surface area contributed by atoms with E-state index in [-0.39, 0.29) is 0 Å². The van der Waals surface area contributed by atoms with Crippen molar-refractivity contribution in [3.8, 4) is 0 Å². The minimum Gasteiger partial charge on any atom is -0.0623 e. The molecule has 0 fully saturated rings. The molecule has 0 spiro atoms. The Hall–Kier alpha value is -0.780. The molecule has 0 nitrogen and oxygen atoms in total. The van der Waals surface area contributed by atoms with Gasteiger partial charge in [0.05, 0.1) is 0 Å². The van der Waals surface area contributed by atoms with E-state index >= 15 is 0 Å². The van der Waals surface area contributed by atoms with Gasteiger partial charge >= 0.3 is 0 Å². The largest absolute Gasteiger partial charge is 0.0623 e. The minimum atomic E-state index is 2.00. The lowest BCUT2D eigenvalue weighted by atomic mass is 10.6. The molecule has 0 bridgehead atoms. The van der Waals surface area contributed by atoms with Crippen LogP contribution in [0.3, 0.4) is 0 Å². The van der Waals surface area contributed by atoms with Gasteiger partial charge in [-0.3, -0.25) is 0 Å². The van der Waals surface area contributed by atoms with Gasteiger partial charge in [0.2, 0.25) is 0 Å². The highest BCUT2D eigenvalue weighted by Gasteiger charge is 1.57. The third-order valence-corrected chi connectivity index (χ3v) is 0.667. The van der Waals surface area contributed by atoms with Gasteiger partial charge in [0.25, 0.3) is 0 Å². The van der Waals surface area contributed by atoms with Crippen molar-refractivity contribution in [1.82, 2.24) is 0 Å². The van der Waals surface area contributed by atoms with Crippen molar-refractivity contribution in [3.05, 3.63) is 36.4 Å². The summed E-state index contributed by atoms with van der Waals surface area (Å²) in [5, 5.41) is 0. The molecule has 0 radical (unpaired) electrons. The Kier molecular flexibility index (Phi) is 0.913. The Morgan fingerprint density at radius 2 is 0.500 bits per heavy atom. The lowest BCUT2D eigenvalue weighted by molar-refractivity contribution is 1.72. The number of benzene rings is 1. The molecule has 0 unspecified atom stereocenters. The maximum atomic E-state index is 2.00. The average Bonchev–Trinajstić information content (AvgIpc) is 1.72. The molecule has 0 N–H and O–H groups in total. The number of hydrogen-bond acceptors (Lipinski definition) is 0. The molecule has 6 heavy (non-hydrogen) atoms. The summed E-state index contributed by atoms with van der Waals surface area (Å²) >= 11 is 0. The minimum absolute atomic E-state index is 2.00. The second-order valence-electron chi connectivity index (χ2n) is 1.15. The van der Waals surface area contributed by atoms with E-state index in [1.807, 2.05) is 36.4 Å².